The summed E-state index contributed by atoms with van der Waals surface area (Å²) in [5, 5.41) is 0. The second-order valence-corrected chi connectivity index (χ2v) is 4.76. The molecule has 0 aliphatic carbocycles. The lowest BCUT2D eigenvalue weighted by atomic mass is 10.2. The van der Waals surface area contributed by atoms with Gasteiger partial charge < -0.3 is 4.18 Å². The molecule has 15 heavy (non-hydrogen) atoms. The standard InChI is InChI=1S/C10H12O4S/c1-9(11)14-15(12,13)8-7-10-5-3-2-4-6-10/h2-6H,7-8H2,1H3. The van der Waals surface area contributed by atoms with Crippen molar-refractivity contribution < 1.29 is 17.4 Å². The van der Waals surface area contributed by atoms with Gasteiger partial charge in [0.15, 0.2) is 0 Å². The quantitative estimate of drug-likeness (QED) is 0.724. The highest BCUT2D eigenvalue weighted by Gasteiger charge is 2.13. The Morgan fingerprint density at radius 1 is 1.27 bits per heavy atom. The van der Waals surface area contributed by atoms with Crippen molar-refractivity contribution >= 4 is 16.1 Å². The largest absolute Gasteiger partial charge is 0.346 e. The normalized spacial score (nSPS) is 11.0. The molecule has 0 aromatic heterocycles. The predicted octanol–water partition coefficient (Wildman–Crippen LogP) is 1.12. The van der Waals surface area contributed by atoms with Crippen LogP contribution in [0.15, 0.2) is 30.3 Å². The summed E-state index contributed by atoms with van der Waals surface area (Å²) < 4.78 is 26.5. The van der Waals surface area contributed by atoms with E-state index in [4.69, 9.17) is 0 Å². The van der Waals surface area contributed by atoms with Gasteiger partial charge in [-0.05, 0) is 12.0 Å². The molecule has 0 unspecified atom stereocenters. The van der Waals surface area contributed by atoms with E-state index in [9.17, 15) is 13.2 Å². The Morgan fingerprint density at radius 3 is 2.40 bits per heavy atom. The van der Waals surface area contributed by atoms with E-state index in [-0.39, 0.29) is 5.75 Å². The summed E-state index contributed by atoms with van der Waals surface area (Å²) in [7, 11) is -3.73. The van der Waals surface area contributed by atoms with Crippen molar-refractivity contribution in [2.75, 3.05) is 5.75 Å². The van der Waals surface area contributed by atoms with Gasteiger partial charge in [0.2, 0.25) is 0 Å². The minimum Gasteiger partial charge on any atom is -0.346 e. The van der Waals surface area contributed by atoms with E-state index >= 15 is 0 Å². The average Bonchev–Trinajstić information content (AvgIpc) is 2.15. The summed E-state index contributed by atoms with van der Waals surface area (Å²) in [4.78, 5) is 10.5. The molecule has 0 heterocycles. The average molecular weight is 228 g/mol. The van der Waals surface area contributed by atoms with Gasteiger partial charge in [-0.2, -0.15) is 8.42 Å². The first kappa shape index (κ1) is 11.7. The van der Waals surface area contributed by atoms with Crippen LogP contribution in [0.5, 0.6) is 0 Å². The fourth-order valence-corrected chi connectivity index (χ4v) is 2.03. The molecule has 4 nitrogen and oxygen atoms in total. The third kappa shape index (κ3) is 4.60. The number of rotatable bonds is 4. The number of benzene rings is 1. The van der Waals surface area contributed by atoms with Crippen LogP contribution in [0, 0.1) is 0 Å². The first-order chi connectivity index (χ1) is 6.99. The van der Waals surface area contributed by atoms with Crippen LogP contribution in [0.3, 0.4) is 0 Å². The van der Waals surface area contributed by atoms with Crippen LogP contribution in [0.4, 0.5) is 0 Å². The molecule has 5 heteroatoms. The van der Waals surface area contributed by atoms with Crippen LogP contribution in [-0.4, -0.2) is 20.1 Å². The van der Waals surface area contributed by atoms with Gasteiger partial charge in [-0.3, -0.25) is 4.79 Å². The summed E-state index contributed by atoms with van der Waals surface area (Å²) in [6, 6.07) is 9.15. The molecule has 0 bridgehead atoms. The molecule has 0 fully saturated rings. The molecule has 0 aliphatic heterocycles. The third-order valence-electron chi connectivity index (χ3n) is 1.73. The molecule has 0 saturated carbocycles. The topological polar surface area (TPSA) is 60.4 Å². The number of hydrogen-bond acceptors (Lipinski definition) is 4. The number of carbonyl (C=O) groups is 1. The third-order valence-corrected chi connectivity index (χ3v) is 2.92. The van der Waals surface area contributed by atoms with E-state index in [0.717, 1.165) is 12.5 Å². The smallest absolute Gasteiger partial charge is 0.319 e. The van der Waals surface area contributed by atoms with Crippen molar-refractivity contribution in [2.24, 2.45) is 0 Å². The monoisotopic (exact) mass is 228 g/mol. The Bertz CT molecular complexity index is 422. The summed E-state index contributed by atoms with van der Waals surface area (Å²) in [6.45, 7) is 1.07. The van der Waals surface area contributed by atoms with E-state index < -0.39 is 16.1 Å². The van der Waals surface area contributed by atoms with Gasteiger partial charge in [-0.25, -0.2) is 0 Å². The first-order valence-electron chi connectivity index (χ1n) is 4.46. The molecule has 0 atom stereocenters. The van der Waals surface area contributed by atoms with Crippen molar-refractivity contribution in [1.29, 1.82) is 0 Å². The van der Waals surface area contributed by atoms with Crippen molar-refractivity contribution in [3.05, 3.63) is 35.9 Å². The molecule has 0 spiro atoms. The van der Waals surface area contributed by atoms with Gasteiger partial charge in [0.1, 0.15) is 0 Å². The molecule has 0 aliphatic rings. The minimum atomic E-state index is -3.73. The fourth-order valence-electron chi connectivity index (χ4n) is 1.11. The van der Waals surface area contributed by atoms with Gasteiger partial charge >= 0.3 is 16.1 Å². The zero-order chi connectivity index (χ0) is 11.3. The van der Waals surface area contributed by atoms with E-state index in [1.54, 1.807) is 0 Å². The lowest BCUT2D eigenvalue weighted by Gasteiger charge is -2.03. The first-order valence-corrected chi connectivity index (χ1v) is 6.04. The SMILES string of the molecule is CC(=O)OS(=O)(=O)CCc1ccccc1. The van der Waals surface area contributed by atoms with Crippen molar-refractivity contribution in [3.63, 3.8) is 0 Å². The van der Waals surface area contributed by atoms with Crippen molar-refractivity contribution in [3.8, 4) is 0 Å². The zero-order valence-corrected chi connectivity index (χ0v) is 9.16. The van der Waals surface area contributed by atoms with Crippen LogP contribution in [0.1, 0.15) is 12.5 Å². The number of carbonyl (C=O) groups excluding carboxylic acids is 1. The van der Waals surface area contributed by atoms with Crippen LogP contribution in [-0.2, 0) is 25.5 Å². The highest BCUT2D eigenvalue weighted by Crippen LogP contribution is 2.03. The number of hydrogen-bond donors (Lipinski definition) is 0. The van der Waals surface area contributed by atoms with Crippen LogP contribution < -0.4 is 0 Å². The van der Waals surface area contributed by atoms with Gasteiger partial charge in [0, 0.05) is 6.92 Å². The lowest BCUT2D eigenvalue weighted by molar-refractivity contribution is -0.131. The second kappa shape index (κ2) is 4.93. The Morgan fingerprint density at radius 2 is 1.87 bits per heavy atom. The highest BCUT2D eigenvalue weighted by molar-refractivity contribution is 7.87. The maximum atomic E-state index is 11.2. The molecule has 1 rings (SSSR count). The van der Waals surface area contributed by atoms with Crippen molar-refractivity contribution in [1.82, 2.24) is 0 Å². The Hall–Kier alpha value is -1.36. The minimum absolute atomic E-state index is 0.184. The summed E-state index contributed by atoms with van der Waals surface area (Å²) in [6.07, 6.45) is 0.344. The van der Waals surface area contributed by atoms with Crippen molar-refractivity contribution in [2.45, 2.75) is 13.3 Å². The van der Waals surface area contributed by atoms with E-state index in [2.05, 4.69) is 4.18 Å². The van der Waals surface area contributed by atoms with E-state index in [0.29, 0.717) is 6.42 Å². The van der Waals surface area contributed by atoms with Gasteiger partial charge in [0.25, 0.3) is 0 Å². The zero-order valence-electron chi connectivity index (χ0n) is 8.34. The second-order valence-electron chi connectivity index (χ2n) is 3.07. The van der Waals surface area contributed by atoms with Gasteiger partial charge in [-0.1, -0.05) is 30.3 Å². The molecule has 0 amide bonds. The maximum Gasteiger partial charge on any atom is 0.319 e. The Labute approximate surface area is 89.0 Å². The molecular formula is C10H12O4S. The molecule has 1 aromatic carbocycles. The van der Waals surface area contributed by atoms with Crippen LogP contribution >= 0.6 is 0 Å². The molecule has 1 aromatic rings. The maximum absolute atomic E-state index is 11.2. The van der Waals surface area contributed by atoms with Crippen LogP contribution in [0.2, 0.25) is 0 Å². The molecule has 82 valence electrons. The Balaban J connectivity index is 2.54. The highest BCUT2D eigenvalue weighted by atomic mass is 32.2. The van der Waals surface area contributed by atoms with Gasteiger partial charge in [0.05, 0.1) is 5.75 Å². The van der Waals surface area contributed by atoms with E-state index in [1.807, 2.05) is 30.3 Å². The fraction of sp³-hybridized carbons (Fsp3) is 0.300. The molecule has 0 saturated heterocycles. The summed E-state index contributed by atoms with van der Waals surface area (Å²) in [5.41, 5.74) is 0.897. The summed E-state index contributed by atoms with van der Waals surface area (Å²) >= 11 is 0. The number of aryl methyl sites for hydroxylation is 1. The molecular weight excluding hydrogens is 216 g/mol. The van der Waals surface area contributed by atoms with Gasteiger partial charge in [-0.15, -0.1) is 0 Å². The Kier molecular flexibility index (Phi) is 3.85. The van der Waals surface area contributed by atoms with E-state index in [1.165, 1.54) is 0 Å². The molecule has 0 N–H and O–H groups in total. The predicted molar refractivity (Wildman–Crippen MR) is 55.7 cm³/mol. The molecule has 0 radical (unpaired) electrons. The summed E-state index contributed by atoms with van der Waals surface area (Å²) in [5.74, 6) is -0.987. The lowest BCUT2D eigenvalue weighted by Crippen LogP contribution is -2.15. The van der Waals surface area contributed by atoms with Crippen LogP contribution in [0.25, 0.3) is 0 Å².